The molecule has 2 rings (SSSR count). The van der Waals surface area contributed by atoms with E-state index in [1.54, 1.807) is 12.1 Å². The molecule has 7 heteroatoms. The quantitative estimate of drug-likeness (QED) is 0.603. The van der Waals surface area contributed by atoms with Gasteiger partial charge in [0.25, 0.3) is 0 Å². The molecule has 1 aliphatic rings. The highest BCUT2D eigenvalue weighted by atomic mass is 19.1. The fraction of sp³-hybridized carbons (Fsp3) is 0.556. The van der Waals surface area contributed by atoms with Crippen molar-refractivity contribution in [3.63, 3.8) is 0 Å². The van der Waals surface area contributed by atoms with E-state index in [4.69, 9.17) is 24.5 Å². The molecule has 2 N–H and O–H groups in total. The molecule has 0 bridgehead atoms. The highest BCUT2D eigenvalue weighted by molar-refractivity contribution is 6.27. The lowest BCUT2D eigenvalue weighted by atomic mass is 9.99. The minimum Gasteiger partial charge on any atom is -0.494 e. The number of nitrogens with zero attached hydrogens (tertiary/aromatic N) is 1. The number of hydrogen-bond donors (Lipinski definition) is 2. The smallest absolute Gasteiger partial charge is 0.414 e. The lowest BCUT2D eigenvalue weighted by Crippen LogP contribution is -2.33. The van der Waals surface area contributed by atoms with Gasteiger partial charge < -0.3 is 19.8 Å². The number of rotatable bonds is 6. The SMILES string of the molecule is CC1CCN(CCCCOc2ccc(F)cc2)CC1.O=C(O)C(=O)O. The molecule has 1 aromatic rings. The first kappa shape index (κ1) is 20.9. The lowest BCUT2D eigenvalue weighted by Gasteiger charge is -2.30. The van der Waals surface area contributed by atoms with Crippen LogP contribution in [0.25, 0.3) is 0 Å². The Labute approximate surface area is 147 Å². The average Bonchev–Trinajstić information content (AvgIpc) is 2.58. The number of hydrogen-bond acceptors (Lipinski definition) is 4. The largest absolute Gasteiger partial charge is 0.494 e. The van der Waals surface area contributed by atoms with Gasteiger partial charge in [-0.05, 0) is 75.5 Å². The number of aliphatic carboxylic acids is 2. The zero-order valence-electron chi connectivity index (χ0n) is 14.5. The van der Waals surface area contributed by atoms with Crippen molar-refractivity contribution in [1.29, 1.82) is 0 Å². The number of likely N-dealkylation sites (tertiary alicyclic amines) is 1. The van der Waals surface area contributed by atoms with Gasteiger partial charge in [0, 0.05) is 0 Å². The summed E-state index contributed by atoms with van der Waals surface area (Å²) in [6, 6.07) is 6.23. The topological polar surface area (TPSA) is 87.1 Å². The van der Waals surface area contributed by atoms with Crippen LogP contribution >= 0.6 is 0 Å². The highest BCUT2D eigenvalue weighted by Crippen LogP contribution is 2.16. The molecule has 1 heterocycles. The molecule has 0 aromatic heterocycles. The number of unbranched alkanes of at least 4 members (excludes halogenated alkanes) is 1. The minimum atomic E-state index is -1.82. The van der Waals surface area contributed by atoms with Crippen molar-refractivity contribution < 1.29 is 28.9 Å². The van der Waals surface area contributed by atoms with Gasteiger partial charge >= 0.3 is 11.9 Å². The highest BCUT2D eigenvalue weighted by Gasteiger charge is 2.14. The zero-order chi connectivity index (χ0) is 18.7. The molecule has 0 atom stereocenters. The van der Waals surface area contributed by atoms with E-state index in [0.717, 1.165) is 24.7 Å². The van der Waals surface area contributed by atoms with Crippen LogP contribution in [0.5, 0.6) is 5.75 Å². The summed E-state index contributed by atoms with van der Waals surface area (Å²) in [6.45, 7) is 6.74. The van der Waals surface area contributed by atoms with E-state index < -0.39 is 11.9 Å². The molecule has 1 aromatic carbocycles. The summed E-state index contributed by atoms with van der Waals surface area (Å²) in [4.78, 5) is 20.8. The Balaban J connectivity index is 0.000000450. The monoisotopic (exact) mass is 355 g/mol. The number of halogens is 1. The van der Waals surface area contributed by atoms with Crippen molar-refractivity contribution in [2.75, 3.05) is 26.2 Å². The van der Waals surface area contributed by atoms with E-state index >= 15 is 0 Å². The number of carboxylic acids is 2. The molecule has 6 nitrogen and oxygen atoms in total. The first-order chi connectivity index (χ1) is 11.9. The fourth-order valence-corrected chi connectivity index (χ4v) is 2.44. The lowest BCUT2D eigenvalue weighted by molar-refractivity contribution is -0.159. The van der Waals surface area contributed by atoms with Gasteiger partial charge in [-0.3, -0.25) is 0 Å². The molecule has 0 unspecified atom stereocenters. The summed E-state index contributed by atoms with van der Waals surface area (Å²) in [5.74, 6) is -2.21. The molecule has 0 saturated carbocycles. The van der Waals surface area contributed by atoms with Crippen LogP contribution in [0.1, 0.15) is 32.6 Å². The van der Waals surface area contributed by atoms with Crippen molar-refractivity contribution in [3.05, 3.63) is 30.1 Å². The summed E-state index contributed by atoms with van der Waals surface area (Å²) in [6.07, 6.45) is 4.91. The van der Waals surface area contributed by atoms with Crippen molar-refractivity contribution in [1.82, 2.24) is 4.90 Å². The van der Waals surface area contributed by atoms with Gasteiger partial charge in [0.1, 0.15) is 11.6 Å². The van der Waals surface area contributed by atoms with Crippen LogP contribution in [0.3, 0.4) is 0 Å². The van der Waals surface area contributed by atoms with Gasteiger partial charge in [-0.25, -0.2) is 14.0 Å². The fourth-order valence-electron chi connectivity index (χ4n) is 2.44. The van der Waals surface area contributed by atoms with E-state index in [-0.39, 0.29) is 5.82 Å². The van der Waals surface area contributed by atoms with Crippen LogP contribution in [0.4, 0.5) is 4.39 Å². The number of benzene rings is 1. The summed E-state index contributed by atoms with van der Waals surface area (Å²) >= 11 is 0. The Bertz CT molecular complexity index is 515. The maximum atomic E-state index is 12.7. The predicted octanol–water partition coefficient (Wildman–Crippen LogP) is 2.87. The van der Waals surface area contributed by atoms with E-state index in [1.165, 1.54) is 51.0 Å². The Kier molecular flexibility index (Phi) is 9.54. The third-order valence-corrected chi connectivity index (χ3v) is 4.01. The van der Waals surface area contributed by atoms with Gasteiger partial charge in [-0.2, -0.15) is 0 Å². The van der Waals surface area contributed by atoms with Crippen molar-refractivity contribution in [3.8, 4) is 5.75 Å². The number of ether oxygens (including phenoxy) is 1. The van der Waals surface area contributed by atoms with Gasteiger partial charge in [0.2, 0.25) is 0 Å². The maximum Gasteiger partial charge on any atom is 0.414 e. The number of piperidine rings is 1. The molecule has 0 radical (unpaired) electrons. The van der Waals surface area contributed by atoms with Crippen LogP contribution < -0.4 is 4.74 Å². The predicted molar refractivity (Wildman–Crippen MR) is 91.2 cm³/mol. The second-order valence-corrected chi connectivity index (χ2v) is 6.14. The van der Waals surface area contributed by atoms with Crippen molar-refractivity contribution in [2.24, 2.45) is 5.92 Å². The number of carboxylic acid groups (broad SMARTS) is 2. The summed E-state index contributed by atoms with van der Waals surface area (Å²) in [7, 11) is 0. The Morgan fingerprint density at radius 2 is 1.68 bits per heavy atom. The van der Waals surface area contributed by atoms with Gasteiger partial charge in [-0.1, -0.05) is 6.92 Å². The minimum absolute atomic E-state index is 0.216. The first-order valence-electron chi connectivity index (χ1n) is 8.45. The molecule has 25 heavy (non-hydrogen) atoms. The second-order valence-electron chi connectivity index (χ2n) is 6.14. The van der Waals surface area contributed by atoms with Crippen LogP contribution in [-0.4, -0.2) is 53.3 Å². The standard InChI is InChI=1S/C16H24FNO.C2H2O4/c1-14-8-11-18(12-9-14)10-2-3-13-19-16-6-4-15(17)5-7-16;3-1(4)2(5)6/h4-7,14H,2-3,8-13H2,1H3;(H,3,4)(H,5,6). The van der Waals surface area contributed by atoms with Gasteiger partial charge in [0.05, 0.1) is 6.61 Å². The summed E-state index contributed by atoms with van der Waals surface area (Å²) in [5, 5.41) is 14.8. The van der Waals surface area contributed by atoms with Crippen LogP contribution in [0.2, 0.25) is 0 Å². The third kappa shape index (κ3) is 9.66. The summed E-state index contributed by atoms with van der Waals surface area (Å²) in [5.41, 5.74) is 0. The molecule has 140 valence electrons. The third-order valence-electron chi connectivity index (χ3n) is 4.01. The molecular weight excluding hydrogens is 329 g/mol. The van der Waals surface area contributed by atoms with Crippen LogP contribution in [0, 0.1) is 11.7 Å². The Morgan fingerprint density at radius 3 is 2.20 bits per heavy atom. The van der Waals surface area contributed by atoms with E-state index in [1.807, 2.05) is 0 Å². The van der Waals surface area contributed by atoms with Crippen molar-refractivity contribution >= 4 is 11.9 Å². The first-order valence-corrected chi connectivity index (χ1v) is 8.45. The zero-order valence-corrected chi connectivity index (χ0v) is 14.5. The molecule has 0 aliphatic carbocycles. The Hall–Kier alpha value is -2.15. The molecular formula is C18H26FNO5. The van der Waals surface area contributed by atoms with Crippen LogP contribution in [-0.2, 0) is 9.59 Å². The van der Waals surface area contributed by atoms with E-state index in [0.29, 0.717) is 0 Å². The molecule has 1 fully saturated rings. The number of carbonyl (C=O) groups is 2. The maximum absolute atomic E-state index is 12.7. The van der Waals surface area contributed by atoms with E-state index in [9.17, 15) is 4.39 Å². The van der Waals surface area contributed by atoms with Gasteiger partial charge in [0.15, 0.2) is 0 Å². The molecule has 0 spiro atoms. The molecule has 1 saturated heterocycles. The van der Waals surface area contributed by atoms with E-state index in [2.05, 4.69) is 11.8 Å². The average molecular weight is 355 g/mol. The van der Waals surface area contributed by atoms with Gasteiger partial charge in [-0.15, -0.1) is 0 Å². The van der Waals surface area contributed by atoms with Crippen molar-refractivity contribution in [2.45, 2.75) is 32.6 Å². The Morgan fingerprint density at radius 1 is 1.12 bits per heavy atom. The second kappa shape index (κ2) is 11.4. The normalized spacial score (nSPS) is 15.1. The van der Waals surface area contributed by atoms with Crippen LogP contribution in [0.15, 0.2) is 24.3 Å². The molecule has 1 aliphatic heterocycles. The summed E-state index contributed by atoms with van der Waals surface area (Å²) < 4.78 is 18.3. The molecule has 0 amide bonds.